The van der Waals surface area contributed by atoms with Crippen molar-refractivity contribution in [2.24, 2.45) is 0 Å². The SMILES string of the molecule is COc1ccc(C2C(C(=O)c3sc(C)nc3C)=C(O)C(=O)N2CCc2ccccc2)cc1OC. The van der Waals surface area contributed by atoms with E-state index in [0.29, 0.717) is 40.6 Å². The Hall–Kier alpha value is -3.65. The standard InChI is InChI=1S/C26H26N2O5S/c1-15-25(34-16(2)27-15)23(29)21-22(18-10-11-19(32-3)20(14-18)33-4)28(26(31)24(21)30)13-12-17-8-6-5-7-9-17/h5-11,14,22,30H,12-13H2,1-4H3. The molecule has 0 saturated carbocycles. The van der Waals surface area contributed by atoms with Crippen molar-refractivity contribution in [1.82, 2.24) is 9.88 Å². The van der Waals surface area contributed by atoms with Crippen LogP contribution in [0, 0.1) is 13.8 Å². The molecule has 2 heterocycles. The number of rotatable bonds is 8. The summed E-state index contributed by atoms with van der Waals surface area (Å²) >= 11 is 1.25. The van der Waals surface area contributed by atoms with E-state index < -0.39 is 23.5 Å². The predicted octanol–water partition coefficient (Wildman–Crippen LogP) is 4.60. The minimum Gasteiger partial charge on any atom is -0.503 e. The molecule has 2 aromatic carbocycles. The highest BCUT2D eigenvalue weighted by molar-refractivity contribution is 7.14. The molecular weight excluding hydrogens is 452 g/mol. The van der Waals surface area contributed by atoms with Gasteiger partial charge in [0.2, 0.25) is 5.78 Å². The van der Waals surface area contributed by atoms with Crippen LogP contribution in [0.2, 0.25) is 0 Å². The van der Waals surface area contributed by atoms with Gasteiger partial charge in [-0.2, -0.15) is 0 Å². The third-order valence-corrected chi connectivity index (χ3v) is 6.94. The fourth-order valence-corrected chi connectivity index (χ4v) is 5.12. The summed E-state index contributed by atoms with van der Waals surface area (Å²) in [7, 11) is 3.07. The van der Waals surface area contributed by atoms with Gasteiger partial charge >= 0.3 is 0 Å². The van der Waals surface area contributed by atoms with Gasteiger partial charge in [-0.3, -0.25) is 9.59 Å². The lowest BCUT2D eigenvalue weighted by Crippen LogP contribution is -2.33. The van der Waals surface area contributed by atoms with Gasteiger partial charge in [0.25, 0.3) is 5.91 Å². The highest BCUT2D eigenvalue weighted by atomic mass is 32.1. The molecular formula is C26H26N2O5S. The molecule has 4 rings (SSSR count). The number of aliphatic hydroxyl groups is 1. The molecule has 1 unspecified atom stereocenters. The lowest BCUT2D eigenvalue weighted by atomic mass is 9.94. The van der Waals surface area contributed by atoms with Crippen molar-refractivity contribution < 1.29 is 24.2 Å². The predicted molar refractivity (Wildman–Crippen MR) is 130 cm³/mol. The molecule has 0 bridgehead atoms. The first-order valence-electron chi connectivity index (χ1n) is 10.8. The first-order valence-corrected chi connectivity index (χ1v) is 11.7. The van der Waals surface area contributed by atoms with E-state index in [-0.39, 0.29) is 5.57 Å². The van der Waals surface area contributed by atoms with Gasteiger partial charge < -0.3 is 19.5 Å². The number of methoxy groups -OCH3 is 2. The van der Waals surface area contributed by atoms with Crippen LogP contribution in [0.25, 0.3) is 0 Å². The van der Waals surface area contributed by atoms with Crippen molar-refractivity contribution in [3.8, 4) is 11.5 Å². The number of hydrogen-bond donors (Lipinski definition) is 1. The number of hydrogen-bond acceptors (Lipinski definition) is 7. The van der Waals surface area contributed by atoms with Crippen LogP contribution in [-0.4, -0.2) is 47.4 Å². The Labute approximate surface area is 202 Å². The molecule has 1 atom stereocenters. The summed E-state index contributed by atoms with van der Waals surface area (Å²) in [5.74, 6) is -0.489. The van der Waals surface area contributed by atoms with Gasteiger partial charge in [0.15, 0.2) is 17.3 Å². The zero-order valence-corrected chi connectivity index (χ0v) is 20.3. The fraction of sp³-hybridized carbons (Fsp3) is 0.269. The van der Waals surface area contributed by atoms with Crippen molar-refractivity contribution in [2.75, 3.05) is 20.8 Å². The molecule has 0 aliphatic carbocycles. The van der Waals surface area contributed by atoms with Gasteiger partial charge in [0.05, 0.1) is 41.4 Å². The summed E-state index contributed by atoms with van der Waals surface area (Å²) in [6.07, 6.45) is 0.573. The number of aliphatic hydroxyl groups excluding tert-OH is 1. The van der Waals surface area contributed by atoms with E-state index in [9.17, 15) is 14.7 Å². The molecule has 0 radical (unpaired) electrons. The van der Waals surface area contributed by atoms with Gasteiger partial charge in [-0.05, 0) is 43.5 Å². The van der Waals surface area contributed by atoms with Gasteiger partial charge in [0.1, 0.15) is 0 Å². The number of carbonyl (C=O) groups excluding carboxylic acids is 2. The molecule has 3 aromatic rings. The average Bonchev–Trinajstić information content (AvgIpc) is 3.32. The Kier molecular flexibility index (Phi) is 6.70. The van der Waals surface area contributed by atoms with Crippen LogP contribution >= 0.6 is 11.3 Å². The van der Waals surface area contributed by atoms with E-state index in [1.165, 1.54) is 18.4 Å². The van der Waals surface area contributed by atoms with Crippen LogP contribution in [0.1, 0.15) is 37.5 Å². The molecule has 0 saturated heterocycles. The van der Waals surface area contributed by atoms with E-state index in [1.807, 2.05) is 37.3 Å². The molecule has 1 N–H and O–H groups in total. The largest absolute Gasteiger partial charge is 0.503 e. The molecule has 34 heavy (non-hydrogen) atoms. The summed E-state index contributed by atoms with van der Waals surface area (Å²) in [4.78, 5) is 33.2. The Morgan fingerprint density at radius 1 is 1.09 bits per heavy atom. The molecule has 1 amide bonds. The molecule has 0 fully saturated rings. The molecule has 0 spiro atoms. The summed E-state index contributed by atoms with van der Waals surface area (Å²) in [5, 5.41) is 11.7. The number of ketones is 1. The number of Topliss-reactive ketones (excluding diaryl/α,β-unsaturated/α-hetero) is 1. The topological polar surface area (TPSA) is 89.0 Å². The highest BCUT2D eigenvalue weighted by Gasteiger charge is 2.44. The quantitative estimate of drug-likeness (QED) is 0.476. The first kappa shape index (κ1) is 23.5. The molecule has 176 valence electrons. The Morgan fingerprint density at radius 3 is 2.41 bits per heavy atom. The molecule has 8 heteroatoms. The second-order valence-electron chi connectivity index (χ2n) is 7.99. The number of amides is 1. The maximum atomic E-state index is 13.6. The number of carbonyl (C=O) groups is 2. The van der Waals surface area contributed by atoms with Crippen molar-refractivity contribution >= 4 is 23.0 Å². The molecule has 1 aliphatic rings. The number of aryl methyl sites for hydroxylation is 2. The normalized spacial score (nSPS) is 15.7. The van der Waals surface area contributed by atoms with Crippen LogP contribution < -0.4 is 9.47 Å². The van der Waals surface area contributed by atoms with Crippen LogP contribution in [0.15, 0.2) is 59.9 Å². The van der Waals surface area contributed by atoms with Crippen molar-refractivity contribution in [1.29, 1.82) is 0 Å². The van der Waals surface area contributed by atoms with Gasteiger partial charge in [-0.25, -0.2) is 4.98 Å². The van der Waals surface area contributed by atoms with Crippen molar-refractivity contribution in [2.45, 2.75) is 26.3 Å². The van der Waals surface area contributed by atoms with Crippen LogP contribution in [0.3, 0.4) is 0 Å². The summed E-state index contributed by atoms with van der Waals surface area (Å²) < 4.78 is 10.8. The summed E-state index contributed by atoms with van der Waals surface area (Å²) in [6.45, 7) is 3.90. The Morgan fingerprint density at radius 2 is 1.79 bits per heavy atom. The van der Waals surface area contributed by atoms with Crippen molar-refractivity contribution in [3.63, 3.8) is 0 Å². The van der Waals surface area contributed by atoms with Crippen molar-refractivity contribution in [3.05, 3.63) is 86.6 Å². The zero-order valence-electron chi connectivity index (χ0n) is 19.5. The van der Waals surface area contributed by atoms with E-state index in [0.717, 1.165) is 10.6 Å². The molecule has 1 aromatic heterocycles. The Balaban J connectivity index is 1.79. The first-order chi connectivity index (χ1) is 16.3. The lowest BCUT2D eigenvalue weighted by molar-refractivity contribution is -0.129. The fourth-order valence-electron chi connectivity index (χ4n) is 4.24. The molecule has 1 aliphatic heterocycles. The van der Waals surface area contributed by atoms with E-state index in [1.54, 1.807) is 37.1 Å². The van der Waals surface area contributed by atoms with Crippen LogP contribution in [-0.2, 0) is 11.2 Å². The Bertz CT molecular complexity index is 1270. The smallest absolute Gasteiger partial charge is 0.290 e. The number of thiazole rings is 1. The zero-order chi connectivity index (χ0) is 24.4. The minimum atomic E-state index is -0.773. The van der Waals surface area contributed by atoms with E-state index in [2.05, 4.69) is 4.98 Å². The minimum absolute atomic E-state index is 0.0528. The summed E-state index contributed by atoms with van der Waals surface area (Å²) in [6, 6.07) is 14.2. The van der Waals surface area contributed by atoms with E-state index in [4.69, 9.17) is 9.47 Å². The third-order valence-electron chi connectivity index (χ3n) is 5.87. The van der Waals surface area contributed by atoms with Gasteiger partial charge in [-0.15, -0.1) is 11.3 Å². The maximum absolute atomic E-state index is 13.6. The maximum Gasteiger partial charge on any atom is 0.290 e. The second-order valence-corrected chi connectivity index (χ2v) is 9.19. The van der Waals surface area contributed by atoms with E-state index >= 15 is 0 Å². The van der Waals surface area contributed by atoms with Crippen LogP contribution in [0.4, 0.5) is 0 Å². The van der Waals surface area contributed by atoms with Gasteiger partial charge in [-0.1, -0.05) is 36.4 Å². The van der Waals surface area contributed by atoms with Crippen LogP contribution in [0.5, 0.6) is 11.5 Å². The number of aromatic nitrogens is 1. The second kappa shape index (κ2) is 9.69. The third kappa shape index (κ3) is 4.28. The highest BCUT2D eigenvalue weighted by Crippen LogP contribution is 2.42. The summed E-state index contributed by atoms with van der Waals surface area (Å²) in [5.41, 5.74) is 2.32. The average molecular weight is 479 g/mol. The number of ether oxygens (including phenoxy) is 2. The monoisotopic (exact) mass is 478 g/mol. The number of benzene rings is 2. The lowest BCUT2D eigenvalue weighted by Gasteiger charge is -2.27. The number of nitrogens with zero attached hydrogens (tertiary/aromatic N) is 2. The molecule has 7 nitrogen and oxygen atoms in total. The van der Waals surface area contributed by atoms with Gasteiger partial charge in [0, 0.05) is 6.54 Å².